The van der Waals surface area contributed by atoms with Gasteiger partial charge in [-0.25, -0.2) is 8.37 Å². The Hall–Kier alpha value is 0.467. The van der Waals surface area contributed by atoms with Crippen LogP contribution in [0.25, 0.3) is 0 Å². The van der Waals surface area contributed by atoms with Crippen LogP contribution in [0.4, 0.5) is 0 Å². The quantitative estimate of drug-likeness (QED) is 0.530. The van der Waals surface area contributed by atoms with Crippen molar-refractivity contribution < 1.29 is 16.8 Å². The summed E-state index contributed by atoms with van der Waals surface area (Å²) in [5.74, 6) is 0. The van der Waals surface area contributed by atoms with Crippen LogP contribution in [0.5, 0.6) is 0 Å². The molecule has 0 atom stereocenters. The second-order valence-corrected chi connectivity index (χ2v) is 2.51. The van der Waals surface area contributed by atoms with Gasteiger partial charge in [0.1, 0.15) is 0 Å². The van der Waals surface area contributed by atoms with E-state index in [1.807, 2.05) is 0 Å². The molecule has 0 aromatic rings. The number of rotatable bonds is 4. The van der Waals surface area contributed by atoms with Gasteiger partial charge in [0, 0.05) is 0 Å². The molecule has 0 bridgehead atoms. The van der Waals surface area contributed by atoms with E-state index >= 15 is 0 Å². The number of hydrogen-bond acceptors (Lipinski definition) is 4. The van der Waals surface area contributed by atoms with Crippen molar-refractivity contribution in [1.29, 1.82) is 0 Å². The Morgan fingerprint density at radius 1 is 1.10 bits per heavy atom. The van der Waals surface area contributed by atoms with Crippen molar-refractivity contribution in [3.63, 3.8) is 0 Å². The first-order valence-corrected chi connectivity index (χ1v) is 3.99. The predicted octanol–water partition coefficient (Wildman–Crippen LogP) is -0.344. The van der Waals surface area contributed by atoms with Crippen molar-refractivity contribution in [2.75, 3.05) is 13.2 Å². The van der Waals surface area contributed by atoms with Crippen molar-refractivity contribution in [3.05, 3.63) is 0 Å². The summed E-state index contributed by atoms with van der Waals surface area (Å²) in [5.41, 5.74) is 0. The summed E-state index contributed by atoms with van der Waals surface area (Å²) in [6, 6.07) is 0. The topological polar surface area (TPSA) is 52.6 Å². The molecule has 0 unspecified atom stereocenters. The third-order valence-electron chi connectivity index (χ3n) is 0.524. The van der Waals surface area contributed by atoms with Crippen LogP contribution in [0, 0.1) is 0 Å². The van der Waals surface area contributed by atoms with Crippen molar-refractivity contribution in [2.45, 2.75) is 13.8 Å². The Morgan fingerprint density at radius 2 is 1.40 bits per heavy atom. The Balaban J connectivity index is 0. The minimum atomic E-state index is -3.68. The molecule has 0 aromatic heterocycles. The van der Waals surface area contributed by atoms with Crippen LogP contribution in [-0.2, 0) is 18.8 Å². The van der Waals surface area contributed by atoms with Crippen molar-refractivity contribution in [3.8, 4) is 0 Å². The molecule has 0 rings (SSSR count). The Kier molecular flexibility index (Phi) is 8.11. The normalized spacial score (nSPS) is 10.6. The first kappa shape index (κ1) is 13.1. The molecule has 0 aromatic carbocycles. The summed E-state index contributed by atoms with van der Waals surface area (Å²) in [6.45, 7) is 3.39. The maximum absolute atomic E-state index is 10.4. The van der Waals surface area contributed by atoms with Crippen LogP contribution >= 0.6 is 0 Å². The summed E-state index contributed by atoms with van der Waals surface area (Å²) in [6.07, 6.45) is 0. The summed E-state index contributed by atoms with van der Waals surface area (Å²) in [5, 5.41) is 0. The molecule has 0 aliphatic rings. The van der Waals surface area contributed by atoms with Crippen LogP contribution in [0.15, 0.2) is 0 Å². The molecule has 58 valence electrons. The van der Waals surface area contributed by atoms with E-state index in [9.17, 15) is 8.42 Å². The minimum absolute atomic E-state index is 0. The number of hydrogen-bond donors (Lipinski definition) is 0. The average Bonchev–Trinajstić information content (AvgIpc) is 1.64. The molecule has 0 spiro atoms. The molecule has 10 heavy (non-hydrogen) atoms. The molecule has 0 N–H and O–H groups in total. The van der Waals surface area contributed by atoms with Gasteiger partial charge in [-0.2, -0.15) is 8.42 Å². The zero-order valence-corrected chi connectivity index (χ0v) is 6.27. The summed E-state index contributed by atoms with van der Waals surface area (Å²) in [7, 11) is -3.68. The van der Waals surface area contributed by atoms with E-state index in [2.05, 4.69) is 8.37 Å². The maximum atomic E-state index is 10.4. The van der Waals surface area contributed by atoms with Crippen molar-refractivity contribution in [2.24, 2.45) is 0 Å². The van der Waals surface area contributed by atoms with Gasteiger partial charge in [-0.05, 0) is 13.8 Å². The van der Waals surface area contributed by atoms with E-state index in [-0.39, 0.29) is 32.1 Å². The second kappa shape index (κ2) is 6.20. The van der Waals surface area contributed by atoms with E-state index in [4.69, 9.17) is 0 Å². The monoisotopic (exact) mass is 162 g/mol. The fraction of sp³-hybridized carbons (Fsp3) is 1.00. The van der Waals surface area contributed by atoms with E-state index < -0.39 is 10.4 Å². The van der Waals surface area contributed by atoms with Gasteiger partial charge in [-0.1, -0.05) is 0 Å². The Labute approximate surface area is 73.4 Å². The summed E-state index contributed by atoms with van der Waals surface area (Å²) >= 11 is 0. The summed E-state index contributed by atoms with van der Waals surface area (Å²) in [4.78, 5) is 0. The van der Waals surface area contributed by atoms with Gasteiger partial charge in [0.05, 0.1) is 13.2 Å². The van der Waals surface area contributed by atoms with E-state index in [0.717, 1.165) is 0 Å². The van der Waals surface area contributed by atoms with Gasteiger partial charge in [0.2, 0.25) is 0 Å². The van der Waals surface area contributed by atoms with Crippen LogP contribution in [-0.4, -0.2) is 40.5 Å². The molecular formula is C4H11LiO4S. The Bertz CT molecular complexity index is 141. The first-order chi connectivity index (χ1) is 4.12. The van der Waals surface area contributed by atoms with Crippen molar-refractivity contribution in [1.82, 2.24) is 0 Å². The molecule has 0 aliphatic carbocycles. The van der Waals surface area contributed by atoms with Gasteiger partial charge in [0.25, 0.3) is 0 Å². The zero-order chi connectivity index (χ0) is 7.33. The van der Waals surface area contributed by atoms with E-state index in [1.54, 1.807) is 13.8 Å². The SMILES string of the molecule is CCOS(=O)(=O)OCC.[LiH]. The van der Waals surface area contributed by atoms with Crippen LogP contribution in [0.1, 0.15) is 13.8 Å². The first-order valence-electron chi connectivity index (χ1n) is 2.66. The molecule has 0 saturated heterocycles. The zero-order valence-electron chi connectivity index (χ0n) is 5.46. The van der Waals surface area contributed by atoms with Gasteiger partial charge < -0.3 is 0 Å². The molecule has 0 aliphatic heterocycles. The van der Waals surface area contributed by atoms with Gasteiger partial charge in [-0.15, -0.1) is 0 Å². The predicted molar refractivity (Wildman–Crippen MR) is 39.3 cm³/mol. The van der Waals surface area contributed by atoms with Crippen molar-refractivity contribution >= 4 is 29.3 Å². The van der Waals surface area contributed by atoms with E-state index in [1.165, 1.54) is 0 Å². The molecule has 0 saturated carbocycles. The fourth-order valence-corrected chi connectivity index (χ4v) is 0.968. The molecule has 0 amide bonds. The molecule has 6 heteroatoms. The molecule has 0 heterocycles. The third kappa shape index (κ3) is 6.59. The third-order valence-corrected chi connectivity index (χ3v) is 1.57. The van der Waals surface area contributed by atoms with E-state index in [0.29, 0.717) is 0 Å². The summed E-state index contributed by atoms with van der Waals surface area (Å²) < 4.78 is 29.2. The standard InChI is InChI=1S/C4H10O4S.Li.H/c1-3-7-9(5,6)8-4-2;;/h3-4H2,1-2H3;;. The average molecular weight is 162 g/mol. The van der Waals surface area contributed by atoms with Crippen LogP contribution in [0.3, 0.4) is 0 Å². The molecule has 0 fully saturated rings. The molecule has 0 radical (unpaired) electrons. The van der Waals surface area contributed by atoms with Gasteiger partial charge in [0.15, 0.2) is 0 Å². The Morgan fingerprint density at radius 3 is 1.60 bits per heavy atom. The van der Waals surface area contributed by atoms with Gasteiger partial charge in [-0.3, -0.25) is 0 Å². The molecular weight excluding hydrogens is 151 g/mol. The molecule has 4 nitrogen and oxygen atoms in total. The van der Waals surface area contributed by atoms with Crippen LogP contribution in [0.2, 0.25) is 0 Å². The van der Waals surface area contributed by atoms with Crippen LogP contribution < -0.4 is 0 Å². The van der Waals surface area contributed by atoms with Gasteiger partial charge >= 0.3 is 29.3 Å². The second-order valence-electron chi connectivity index (χ2n) is 1.22. The fourth-order valence-electron chi connectivity index (χ4n) is 0.323.